The molecule has 2 nitrogen and oxygen atoms in total. The van der Waals surface area contributed by atoms with E-state index in [2.05, 4.69) is 22.9 Å². The summed E-state index contributed by atoms with van der Waals surface area (Å²) in [6.07, 6.45) is 0.918. The van der Waals surface area contributed by atoms with Crippen LogP contribution in [0.3, 0.4) is 0 Å². The van der Waals surface area contributed by atoms with E-state index in [1.54, 1.807) is 34.8 Å². The first-order chi connectivity index (χ1) is 12.2. The van der Waals surface area contributed by atoms with Crippen LogP contribution in [-0.2, 0) is 11.2 Å². The number of carbonyl (C=O) groups excluding carboxylic acids is 1. The third-order valence-electron chi connectivity index (χ3n) is 4.27. The molecule has 0 unspecified atom stereocenters. The van der Waals surface area contributed by atoms with E-state index < -0.39 is 0 Å². The second-order valence-electron chi connectivity index (χ2n) is 5.80. The second kappa shape index (κ2) is 7.32. The maximum Gasteiger partial charge on any atom is 0.233 e. The number of halogens is 1. The van der Waals surface area contributed by atoms with Crippen molar-refractivity contribution in [1.29, 1.82) is 0 Å². The Hall–Kier alpha value is -1.63. The smallest absolute Gasteiger partial charge is 0.233 e. The van der Waals surface area contributed by atoms with Crippen LogP contribution in [0.25, 0.3) is 0 Å². The average Bonchev–Trinajstić information content (AvgIpc) is 3.31. The van der Waals surface area contributed by atoms with Crippen LogP contribution < -0.4 is 0 Å². The number of hydrogen-bond acceptors (Lipinski definition) is 4. The largest absolute Gasteiger partial charge is 0.330 e. The first-order valence-corrected chi connectivity index (χ1v) is 10.7. The number of amides is 1. The Morgan fingerprint density at radius 3 is 2.76 bits per heavy atom. The summed E-state index contributed by atoms with van der Waals surface area (Å²) in [5, 5.41) is 4.18. The number of nitrogens with zero attached hydrogens (tertiary/aromatic N) is 1. The number of rotatable bonds is 4. The third-order valence-corrected chi connectivity index (χ3v) is 7.19. The quantitative estimate of drug-likeness (QED) is 0.571. The Balaban J connectivity index is 1.53. The lowest BCUT2D eigenvalue weighted by atomic mass is 9.98. The number of hydrogen-bond donors (Lipinski definition) is 0. The molecule has 1 atom stereocenters. The minimum Gasteiger partial charge on any atom is -0.330 e. The summed E-state index contributed by atoms with van der Waals surface area (Å²) < 4.78 is 13.0. The van der Waals surface area contributed by atoms with Crippen molar-refractivity contribution in [3.8, 4) is 0 Å². The predicted octanol–water partition coefficient (Wildman–Crippen LogP) is 5.22. The Morgan fingerprint density at radius 1 is 1.16 bits per heavy atom. The van der Waals surface area contributed by atoms with E-state index in [0.29, 0.717) is 5.75 Å². The monoisotopic (exact) mass is 389 g/mol. The van der Waals surface area contributed by atoms with Crippen LogP contribution in [0.4, 0.5) is 4.39 Å². The van der Waals surface area contributed by atoms with Gasteiger partial charge in [0, 0.05) is 21.2 Å². The molecular formula is C19H16FNOS3. The molecule has 0 N–H and O–H groups in total. The fourth-order valence-electron chi connectivity index (χ4n) is 3.10. The zero-order chi connectivity index (χ0) is 17.2. The minimum absolute atomic E-state index is 0.0244. The van der Waals surface area contributed by atoms with Crippen molar-refractivity contribution in [1.82, 2.24) is 4.90 Å². The molecule has 0 fully saturated rings. The standard InChI is InChI=1S/C19H16FNOS3/c20-13-3-5-14(6-4-13)25-12-18(22)21-9-7-16-15(8-11-24-16)19(21)17-2-1-10-23-17/h1-6,8,10-11,19H,7,9,12H2/t19-/m1/s1. The molecule has 0 aliphatic carbocycles. The van der Waals surface area contributed by atoms with Crippen molar-refractivity contribution in [3.63, 3.8) is 0 Å². The lowest BCUT2D eigenvalue weighted by Crippen LogP contribution is -2.40. The molecule has 1 aromatic carbocycles. The fourth-order valence-corrected chi connectivity index (χ4v) is 5.64. The van der Waals surface area contributed by atoms with Crippen molar-refractivity contribution >= 4 is 40.3 Å². The number of thiophene rings is 2. The average molecular weight is 390 g/mol. The summed E-state index contributed by atoms with van der Waals surface area (Å²) in [7, 11) is 0. The maximum absolute atomic E-state index is 13.0. The van der Waals surface area contributed by atoms with Crippen molar-refractivity contribution < 1.29 is 9.18 Å². The van der Waals surface area contributed by atoms with Gasteiger partial charge in [-0.3, -0.25) is 4.79 Å². The van der Waals surface area contributed by atoms with Crippen molar-refractivity contribution in [2.45, 2.75) is 17.4 Å². The van der Waals surface area contributed by atoms with E-state index in [4.69, 9.17) is 0 Å². The molecule has 4 rings (SSSR count). The van der Waals surface area contributed by atoms with E-state index in [1.165, 1.54) is 39.2 Å². The first kappa shape index (κ1) is 16.8. The van der Waals surface area contributed by atoms with Gasteiger partial charge in [0.15, 0.2) is 0 Å². The van der Waals surface area contributed by atoms with Gasteiger partial charge in [-0.1, -0.05) is 6.07 Å². The predicted molar refractivity (Wildman–Crippen MR) is 103 cm³/mol. The van der Waals surface area contributed by atoms with Gasteiger partial charge in [-0.15, -0.1) is 34.4 Å². The van der Waals surface area contributed by atoms with Gasteiger partial charge >= 0.3 is 0 Å². The lowest BCUT2D eigenvalue weighted by Gasteiger charge is -2.35. The molecule has 25 heavy (non-hydrogen) atoms. The highest BCUT2D eigenvalue weighted by atomic mass is 32.2. The van der Waals surface area contributed by atoms with Gasteiger partial charge in [-0.2, -0.15) is 0 Å². The van der Waals surface area contributed by atoms with Crippen molar-refractivity contribution in [3.05, 3.63) is 74.4 Å². The van der Waals surface area contributed by atoms with Gasteiger partial charge in [-0.05, 0) is 59.1 Å². The second-order valence-corrected chi connectivity index (χ2v) is 8.83. The number of carbonyl (C=O) groups is 1. The normalized spacial score (nSPS) is 16.7. The molecule has 0 saturated carbocycles. The van der Waals surface area contributed by atoms with E-state index in [0.717, 1.165) is 17.9 Å². The zero-order valence-corrected chi connectivity index (χ0v) is 15.8. The number of benzene rings is 1. The highest BCUT2D eigenvalue weighted by molar-refractivity contribution is 8.00. The Labute approximate surface area is 158 Å². The summed E-state index contributed by atoms with van der Waals surface area (Å²) in [6.45, 7) is 0.749. The molecule has 3 aromatic rings. The van der Waals surface area contributed by atoms with E-state index >= 15 is 0 Å². The summed E-state index contributed by atoms with van der Waals surface area (Å²) in [4.78, 5) is 18.4. The van der Waals surface area contributed by atoms with Crippen LogP contribution in [0.5, 0.6) is 0 Å². The summed E-state index contributed by atoms with van der Waals surface area (Å²) in [5.41, 5.74) is 1.26. The molecule has 0 saturated heterocycles. The molecular weight excluding hydrogens is 373 g/mol. The zero-order valence-electron chi connectivity index (χ0n) is 13.4. The van der Waals surface area contributed by atoms with E-state index in [-0.39, 0.29) is 17.8 Å². The summed E-state index contributed by atoms with van der Waals surface area (Å²) in [6, 6.07) is 12.6. The number of fused-ring (bicyclic) bond motifs is 1. The van der Waals surface area contributed by atoms with Crippen LogP contribution in [0.1, 0.15) is 21.4 Å². The van der Waals surface area contributed by atoms with Gasteiger partial charge in [-0.25, -0.2) is 4.39 Å². The molecule has 1 amide bonds. The van der Waals surface area contributed by atoms with Gasteiger partial charge < -0.3 is 4.90 Å². The van der Waals surface area contributed by atoms with Gasteiger partial charge in [0.05, 0.1) is 11.8 Å². The molecule has 128 valence electrons. The van der Waals surface area contributed by atoms with Gasteiger partial charge in [0.2, 0.25) is 5.91 Å². The van der Waals surface area contributed by atoms with Gasteiger partial charge in [0.25, 0.3) is 0 Å². The van der Waals surface area contributed by atoms with E-state index in [9.17, 15) is 9.18 Å². The maximum atomic E-state index is 13.0. The van der Waals surface area contributed by atoms with Crippen LogP contribution >= 0.6 is 34.4 Å². The van der Waals surface area contributed by atoms with E-state index in [1.807, 2.05) is 11.0 Å². The first-order valence-electron chi connectivity index (χ1n) is 8.00. The molecule has 2 aromatic heterocycles. The minimum atomic E-state index is -0.255. The van der Waals surface area contributed by atoms with Crippen LogP contribution in [-0.4, -0.2) is 23.1 Å². The Bertz CT molecular complexity index is 857. The van der Waals surface area contributed by atoms with Crippen molar-refractivity contribution in [2.24, 2.45) is 0 Å². The third kappa shape index (κ3) is 3.52. The molecule has 0 spiro atoms. The molecule has 6 heteroatoms. The summed E-state index contributed by atoms with van der Waals surface area (Å²) >= 11 is 4.94. The molecule has 0 radical (unpaired) electrons. The molecule has 1 aliphatic heterocycles. The molecule has 0 bridgehead atoms. The van der Waals surface area contributed by atoms with Crippen LogP contribution in [0.15, 0.2) is 58.1 Å². The van der Waals surface area contributed by atoms with Crippen LogP contribution in [0.2, 0.25) is 0 Å². The Morgan fingerprint density at radius 2 is 2.00 bits per heavy atom. The molecule has 3 heterocycles. The van der Waals surface area contributed by atoms with Crippen molar-refractivity contribution in [2.75, 3.05) is 12.3 Å². The SMILES string of the molecule is O=C(CSc1ccc(F)cc1)N1CCc2sccc2[C@@H]1c1cccs1. The molecule has 1 aliphatic rings. The summed E-state index contributed by atoms with van der Waals surface area (Å²) in [5.74, 6) is 0.242. The lowest BCUT2D eigenvalue weighted by molar-refractivity contribution is -0.130. The Kier molecular flexibility index (Phi) is 4.92. The number of thioether (sulfide) groups is 1. The highest BCUT2D eigenvalue weighted by Crippen LogP contribution is 2.39. The van der Waals surface area contributed by atoms with Gasteiger partial charge in [0.1, 0.15) is 5.82 Å². The highest BCUT2D eigenvalue weighted by Gasteiger charge is 2.33. The topological polar surface area (TPSA) is 20.3 Å². The fraction of sp³-hybridized carbons (Fsp3) is 0.211. The van der Waals surface area contributed by atoms with Crippen LogP contribution in [0, 0.1) is 5.82 Å².